The van der Waals surface area contributed by atoms with Crippen LogP contribution in [-0.4, -0.2) is 9.89 Å². The van der Waals surface area contributed by atoms with Gasteiger partial charge in [0.25, 0.3) is 0 Å². The van der Waals surface area contributed by atoms with Crippen LogP contribution in [0.4, 0.5) is 0 Å². The molecule has 0 amide bonds. The molecule has 0 N–H and O–H groups in total. The lowest BCUT2D eigenvalue weighted by Gasteiger charge is -2.14. The van der Waals surface area contributed by atoms with Crippen LogP contribution in [0.5, 0.6) is 0 Å². The maximum atomic E-state index is 11.9. The number of halogens is 5. The SMILES string of the molecule is O=S(=O)(c1ccc(Cl)cc1Cl)C(Br)(Br)Br. The van der Waals surface area contributed by atoms with Gasteiger partial charge < -0.3 is 0 Å². The number of alkyl halides is 3. The fourth-order valence-corrected chi connectivity index (χ4v) is 3.91. The molecule has 0 fully saturated rings. The summed E-state index contributed by atoms with van der Waals surface area (Å²) in [5.41, 5.74) is 0. The highest BCUT2D eigenvalue weighted by Gasteiger charge is 2.38. The molecule has 8 heteroatoms. The van der Waals surface area contributed by atoms with Crippen molar-refractivity contribution in [2.75, 3.05) is 0 Å². The van der Waals surface area contributed by atoms with Crippen LogP contribution in [0.3, 0.4) is 0 Å². The number of hydrogen-bond donors (Lipinski definition) is 0. The zero-order valence-electron chi connectivity index (χ0n) is 6.85. The molecule has 1 rings (SSSR count). The molecule has 2 nitrogen and oxygen atoms in total. The van der Waals surface area contributed by atoms with Crippen LogP contribution in [0.2, 0.25) is 10.0 Å². The maximum Gasteiger partial charge on any atom is 0.239 e. The average molecular weight is 462 g/mol. The summed E-state index contributed by atoms with van der Waals surface area (Å²) in [7, 11) is -3.66. The Morgan fingerprint density at radius 3 is 2.07 bits per heavy atom. The second kappa shape index (κ2) is 4.82. The van der Waals surface area contributed by atoms with Crippen molar-refractivity contribution in [2.45, 2.75) is 6.37 Å². The quantitative estimate of drug-likeness (QED) is 0.575. The third-order valence-electron chi connectivity index (χ3n) is 1.49. The molecule has 0 aliphatic rings. The largest absolute Gasteiger partial charge is 0.239 e. The Morgan fingerprint density at radius 2 is 1.67 bits per heavy atom. The molecule has 1 aromatic carbocycles. The minimum atomic E-state index is -3.66. The molecule has 0 spiro atoms. The van der Waals surface area contributed by atoms with Gasteiger partial charge >= 0.3 is 0 Å². The third kappa shape index (κ3) is 3.10. The Balaban J connectivity index is 3.42. The van der Waals surface area contributed by atoms with E-state index in [0.29, 0.717) is 5.02 Å². The van der Waals surface area contributed by atoms with Crippen molar-refractivity contribution in [1.29, 1.82) is 0 Å². The van der Waals surface area contributed by atoms with Crippen LogP contribution in [0.1, 0.15) is 0 Å². The average Bonchev–Trinajstić information content (AvgIpc) is 2.00. The second-order valence-electron chi connectivity index (χ2n) is 2.52. The minimum Gasteiger partial charge on any atom is -0.220 e. The molecule has 0 aromatic heterocycles. The van der Waals surface area contributed by atoms with Gasteiger partial charge in [-0.3, -0.25) is 0 Å². The first kappa shape index (κ1) is 14.3. The van der Waals surface area contributed by atoms with Gasteiger partial charge in [0.1, 0.15) is 0 Å². The first-order chi connectivity index (χ1) is 6.66. The molecular weight excluding hydrogens is 459 g/mol. The van der Waals surface area contributed by atoms with E-state index in [9.17, 15) is 8.42 Å². The van der Waals surface area contributed by atoms with Gasteiger partial charge in [-0.2, -0.15) is 0 Å². The molecule has 0 aliphatic carbocycles. The van der Waals surface area contributed by atoms with Crippen molar-refractivity contribution in [3.63, 3.8) is 0 Å². The molecule has 84 valence electrons. The van der Waals surface area contributed by atoms with Crippen molar-refractivity contribution in [3.8, 4) is 0 Å². The van der Waals surface area contributed by atoms with Gasteiger partial charge in [-0.1, -0.05) is 23.2 Å². The molecule has 0 heterocycles. The van der Waals surface area contributed by atoms with Gasteiger partial charge in [0, 0.05) is 5.02 Å². The van der Waals surface area contributed by atoms with Gasteiger partial charge in [0.05, 0.1) is 9.92 Å². The molecule has 0 atom stereocenters. The first-order valence-corrected chi connectivity index (χ1v) is 8.04. The Bertz CT molecular complexity index is 481. The van der Waals surface area contributed by atoms with Gasteiger partial charge in [0.2, 0.25) is 11.3 Å². The highest BCUT2D eigenvalue weighted by atomic mass is 80.0. The van der Waals surface area contributed by atoms with E-state index in [1.54, 1.807) is 0 Å². The van der Waals surface area contributed by atoms with E-state index in [0.717, 1.165) is 0 Å². The maximum absolute atomic E-state index is 11.9. The molecule has 0 bridgehead atoms. The molecule has 0 saturated heterocycles. The molecule has 0 radical (unpaired) electrons. The molecule has 0 aliphatic heterocycles. The van der Waals surface area contributed by atoms with Gasteiger partial charge in [-0.15, -0.1) is 0 Å². The molecule has 1 aromatic rings. The summed E-state index contributed by atoms with van der Waals surface area (Å²) >= 11 is 20.3. The summed E-state index contributed by atoms with van der Waals surface area (Å²) < 4.78 is 22.4. The van der Waals surface area contributed by atoms with Gasteiger partial charge in [-0.25, -0.2) is 8.42 Å². The Labute approximate surface area is 123 Å². The van der Waals surface area contributed by atoms with Crippen LogP contribution < -0.4 is 0 Å². The fourth-order valence-electron chi connectivity index (χ4n) is 0.818. The lowest BCUT2D eigenvalue weighted by Crippen LogP contribution is -2.18. The minimum absolute atomic E-state index is 0.0146. The van der Waals surface area contributed by atoms with E-state index in [1.807, 2.05) is 0 Å². The summed E-state index contributed by atoms with van der Waals surface area (Å²) in [4.78, 5) is -0.0146. The number of sulfone groups is 1. The van der Waals surface area contributed by atoms with Crippen LogP contribution in [0.25, 0.3) is 0 Å². The zero-order chi connectivity index (χ0) is 11.9. The normalized spacial score (nSPS) is 12.9. The van der Waals surface area contributed by atoms with E-state index in [2.05, 4.69) is 47.8 Å². The van der Waals surface area contributed by atoms with E-state index < -0.39 is 11.3 Å². The van der Waals surface area contributed by atoms with E-state index in [1.165, 1.54) is 18.2 Å². The highest BCUT2D eigenvalue weighted by molar-refractivity contribution is 9.42. The standard InChI is InChI=1S/C7H3Br3Cl2O2S/c8-7(9,10)15(13,14)6-2-1-4(11)3-5(6)12/h1-3H. The van der Waals surface area contributed by atoms with Crippen LogP contribution in [0, 0.1) is 0 Å². The van der Waals surface area contributed by atoms with Crippen molar-refractivity contribution in [2.24, 2.45) is 0 Å². The highest BCUT2D eigenvalue weighted by Crippen LogP contribution is 2.45. The predicted octanol–water partition coefficient (Wildman–Crippen LogP) is 4.56. The summed E-state index contributed by atoms with van der Waals surface area (Å²) in [6.07, 6.45) is 0. The fraction of sp³-hybridized carbons (Fsp3) is 0.143. The summed E-state index contributed by atoms with van der Waals surface area (Å²) in [5, 5.41) is 0.452. The van der Waals surface area contributed by atoms with Crippen molar-refractivity contribution in [3.05, 3.63) is 28.2 Å². The van der Waals surface area contributed by atoms with Crippen molar-refractivity contribution < 1.29 is 8.42 Å². The topological polar surface area (TPSA) is 34.1 Å². The van der Waals surface area contributed by atoms with Crippen LogP contribution in [0.15, 0.2) is 23.1 Å². The van der Waals surface area contributed by atoms with Gasteiger partial charge in [-0.05, 0) is 66.0 Å². The Kier molecular flexibility index (Phi) is 4.58. The number of benzene rings is 1. The molecule has 15 heavy (non-hydrogen) atoms. The van der Waals surface area contributed by atoms with E-state index in [-0.39, 0.29) is 9.92 Å². The Morgan fingerprint density at radius 1 is 1.13 bits per heavy atom. The van der Waals surface area contributed by atoms with E-state index in [4.69, 9.17) is 23.2 Å². The molecule has 0 unspecified atom stereocenters. The third-order valence-corrected chi connectivity index (χ3v) is 7.53. The van der Waals surface area contributed by atoms with Crippen LogP contribution >= 0.6 is 71.0 Å². The summed E-state index contributed by atoms with van der Waals surface area (Å²) in [5.74, 6) is 0. The first-order valence-electron chi connectivity index (χ1n) is 3.42. The Hall–Kier alpha value is 1.19. The predicted molar refractivity (Wildman–Crippen MR) is 73.2 cm³/mol. The zero-order valence-corrected chi connectivity index (χ0v) is 13.9. The lowest BCUT2D eigenvalue weighted by atomic mass is 10.4. The smallest absolute Gasteiger partial charge is 0.220 e. The number of hydrogen-bond acceptors (Lipinski definition) is 2. The second-order valence-corrected chi connectivity index (χ2v) is 13.8. The monoisotopic (exact) mass is 458 g/mol. The van der Waals surface area contributed by atoms with Gasteiger partial charge in [0.15, 0.2) is 0 Å². The van der Waals surface area contributed by atoms with E-state index >= 15 is 0 Å². The lowest BCUT2D eigenvalue weighted by molar-refractivity contribution is 0.599. The molecular formula is C7H3Br3Cl2O2S. The summed E-state index contributed by atoms with van der Waals surface area (Å²) in [6.45, 7) is 0. The van der Waals surface area contributed by atoms with Crippen LogP contribution in [-0.2, 0) is 9.84 Å². The summed E-state index contributed by atoms with van der Waals surface area (Å²) in [6, 6.07) is 4.17. The van der Waals surface area contributed by atoms with Crippen molar-refractivity contribution >= 4 is 80.8 Å². The molecule has 0 saturated carbocycles. The number of rotatable bonds is 1. The van der Waals surface area contributed by atoms with Crippen molar-refractivity contribution in [1.82, 2.24) is 0 Å².